The minimum Gasteiger partial charge on any atom is -0.308 e. The van der Waals surface area contributed by atoms with Gasteiger partial charge in [-0.25, -0.2) is 19.2 Å². The molecule has 2 rings (SSSR count). The third kappa shape index (κ3) is 3.27. The Hall–Kier alpha value is -1.64. The fourth-order valence-electron chi connectivity index (χ4n) is 1.58. The number of hydrogen-bond donors (Lipinski definition) is 3. The van der Waals surface area contributed by atoms with Gasteiger partial charge in [0.1, 0.15) is 5.82 Å². The Morgan fingerprint density at radius 2 is 2.00 bits per heavy atom. The van der Waals surface area contributed by atoms with Gasteiger partial charge in [-0.3, -0.25) is 4.72 Å². The highest BCUT2D eigenvalue weighted by atomic mass is 79.9. The van der Waals surface area contributed by atoms with Crippen molar-refractivity contribution < 1.29 is 8.42 Å². The fraction of sp³-hybridized carbons (Fsp3) is 0.0833. The van der Waals surface area contributed by atoms with Crippen LogP contribution >= 0.6 is 15.9 Å². The monoisotopic (exact) mass is 356 g/mol. The van der Waals surface area contributed by atoms with Crippen LogP contribution in [0.25, 0.3) is 0 Å². The minimum absolute atomic E-state index is 0.0843. The van der Waals surface area contributed by atoms with Gasteiger partial charge >= 0.3 is 0 Å². The zero-order valence-electron chi connectivity index (χ0n) is 10.6. The van der Waals surface area contributed by atoms with Crippen LogP contribution in [0.5, 0.6) is 0 Å². The molecule has 1 aromatic heterocycles. The largest absolute Gasteiger partial charge is 0.308 e. The molecule has 8 heteroatoms. The lowest BCUT2D eigenvalue weighted by Crippen LogP contribution is -2.15. The summed E-state index contributed by atoms with van der Waals surface area (Å²) >= 11 is 3.37. The Bertz CT molecular complexity index is 734. The zero-order chi connectivity index (χ0) is 14.8. The summed E-state index contributed by atoms with van der Waals surface area (Å²) in [7, 11) is -3.68. The number of nitrogens with zero attached hydrogens (tertiary/aromatic N) is 1. The second kappa shape index (κ2) is 5.78. The van der Waals surface area contributed by atoms with Gasteiger partial charge in [0.05, 0.1) is 4.90 Å². The summed E-state index contributed by atoms with van der Waals surface area (Å²) in [5.74, 6) is 5.50. The van der Waals surface area contributed by atoms with E-state index < -0.39 is 10.0 Å². The first kappa shape index (κ1) is 14.8. The van der Waals surface area contributed by atoms with E-state index >= 15 is 0 Å². The number of sulfonamides is 1. The summed E-state index contributed by atoms with van der Waals surface area (Å²) in [6.07, 6.45) is 1.37. The first-order chi connectivity index (χ1) is 9.42. The number of hydrogen-bond acceptors (Lipinski definition) is 5. The molecule has 0 fully saturated rings. The molecule has 4 N–H and O–H groups in total. The van der Waals surface area contributed by atoms with Crippen LogP contribution in [-0.4, -0.2) is 13.4 Å². The Morgan fingerprint density at radius 3 is 2.65 bits per heavy atom. The molecule has 6 nitrogen and oxygen atoms in total. The molecule has 0 radical (unpaired) electrons. The maximum absolute atomic E-state index is 12.2. The van der Waals surface area contributed by atoms with E-state index in [1.165, 1.54) is 18.3 Å². The molecular formula is C12H13BrN4O2S. The molecule has 0 aliphatic heterocycles. The van der Waals surface area contributed by atoms with Crippen molar-refractivity contribution in [3.05, 3.63) is 46.6 Å². The van der Waals surface area contributed by atoms with E-state index in [0.717, 1.165) is 10.0 Å². The predicted octanol–water partition coefficient (Wildman–Crippen LogP) is 2.24. The van der Waals surface area contributed by atoms with Crippen LogP contribution < -0.4 is 16.0 Å². The molecular weight excluding hydrogens is 344 g/mol. The maximum atomic E-state index is 12.2. The number of nitrogens with two attached hydrogens (primary N) is 1. The number of rotatable bonds is 4. The maximum Gasteiger partial charge on any atom is 0.262 e. The first-order valence-electron chi connectivity index (χ1n) is 5.64. The third-order valence-electron chi connectivity index (χ3n) is 2.60. The van der Waals surface area contributed by atoms with E-state index in [9.17, 15) is 8.42 Å². The van der Waals surface area contributed by atoms with E-state index in [2.05, 4.69) is 31.1 Å². The average molecular weight is 357 g/mol. The average Bonchev–Trinajstić information content (AvgIpc) is 2.43. The van der Waals surface area contributed by atoms with Crippen LogP contribution in [0, 0.1) is 6.92 Å². The lowest BCUT2D eigenvalue weighted by molar-refractivity contribution is 0.601. The van der Waals surface area contributed by atoms with Crippen molar-refractivity contribution in [2.45, 2.75) is 11.8 Å². The highest BCUT2D eigenvalue weighted by molar-refractivity contribution is 9.10. The molecule has 0 aliphatic rings. The Balaban J connectivity index is 2.32. The Kier molecular flexibility index (Phi) is 4.26. The lowest BCUT2D eigenvalue weighted by Gasteiger charge is -2.10. The quantitative estimate of drug-likeness (QED) is 0.576. The first-order valence-corrected chi connectivity index (χ1v) is 7.91. The van der Waals surface area contributed by atoms with Gasteiger partial charge in [0.25, 0.3) is 10.0 Å². The van der Waals surface area contributed by atoms with Crippen LogP contribution in [0.4, 0.5) is 11.5 Å². The van der Waals surface area contributed by atoms with Gasteiger partial charge in [0.15, 0.2) is 0 Å². The number of halogens is 1. The fourth-order valence-corrected chi connectivity index (χ4v) is 2.89. The van der Waals surface area contributed by atoms with Gasteiger partial charge in [0.2, 0.25) is 0 Å². The molecule has 0 saturated carbocycles. The van der Waals surface area contributed by atoms with Crippen LogP contribution in [0.1, 0.15) is 5.56 Å². The predicted molar refractivity (Wildman–Crippen MR) is 81.7 cm³/mol. The highest BCUT2D eigenvalue weighted by Gasteiger charge is 2.15. The number of nitrogens with one attached hydrogen (secondary N) is 2. The van der Waals surface area contributed by atoms with Crippen LogP contribution in [-0.2, 0) is 10.0 Å². The smallest absolute Gasteiger partial charge is 0.262 e. The van der Waals surface area contributed by atoms with Gasteiger partial charge in [-0.2, -0.15) is 0 Å². The SMILES string of the molecule is Cc1cc(NS(=O)(=O)c2ccnc(NN)c2)ccc1Br. The molecule has 0 unspecified atom stereocenters. The molecule has 0 atom stereocenters. The molecule has 20 heavy (non-hydrogen) atoms. The summed E-state index contributed by atoms with van der Waals surface area (Å²) in [5.41, 5.74) is 3.74. The third-order valence-corrected chi connectivity index (χ3v) is 4.87. The summed E-state index contributed by atoms with van der Waals surface area (Å²) < 4.78 is 27.9. The molecule has 0 saturated heterocycles. The van der Waals surface area contributed by atoms with Crippen molar-refractivity contribution in [3.8, 4) is 0 Å². The summed E-state index contributed by atoms with van der Waals surface area (Å²) in [4.78, 5) is 3.95. The van der Waals surface area contributed by atoms with Crippen LogP contribution in [0.2, 0.25) is 0 Å². The van der Waals surface area contributed by atoms with Gasteiger partial charge in [-0.1, -0.05) is 15.9 Å². The Labute approximate surface area is 125 Å². The number of nitrogen functional groups attached to an aromatic ring is 1. The second-order valence-electron chi connectivity index (χ2n) is 4.09. The van der Waals surface area contributed by atoms with E-state index in [4.69, 9.17) is 5.84 Å². The van der Waals surface area contributed by atoms with E-state index in [1.807, 2.05) is 6.92 Å². The van der Waals surface area contributed by atoms with Crippen molar-refractivity contribution in [3.63, 3.8) is 0 Å². The highest BCUT2D eigenvalue weighted by Crippen LogP contribution is 2.22. The number of aromatic nitrogens is 1. The van der Waals surface area contributed by atoms with Crippen molar-refractivity contribution in [1.29, 1.82) is 0 Å². The van der Waals surface area contributed by atoms with Gasteiger partial charge in [-0.05, 0) is 36.8 Å². The van der Waals surface area contributed by atoms with E-state index in [1.54, 1.807) is 18.2 Å². The summed E-state index contributed by atoms with van der Waals surface area (Å²) in [5, 5.41) is 0. The number of hydrazine groups is 1. The topological polar surface area (TPSA) is 97.1 Å². The number of pyridine rings is 1. The summed E-state index contributed by atoms with van der Waals surface area (Å²) in [6, 6.07) is 7.96. The molecule has 0 amide bonds. The standard InChI is InChI=1S/C12H13BrN4O2S/c1-8-6-9(2-3-11(8)13)17-20(18,19)10-4-5-15-12(7-10)16-14/h2-7,17H,14H2,1H3,(H,15,16). The number of aryl methyl sites for hydroxylation is 1. The molecule has 0 spiro atoms. The number of anilines is 2. The van der Waals surface area contributed by atoms with Crippen molar-refractivity contribution >= 4 is 37.5 Å². The van der Waals surface area contributed by atoms with Gasteiger partial charge in [0, 0.05) is 22.4 Å². The lowest BCUT2D eigenvalue weighted by atomic mass is 10.2. The van der Waals surface area contributed by atoms with Crippen molar-refractivity contribution in [2.75, 3.05) is 10.1 Å². The molecule has 0 aliphatic carbocycles. The normalized spacial score (nSPS) is 11.2. The second-order valence-corrected chi connectivity index (χ2v) is 6.63. The van der Waals surface area contributed by atoms with Gasteiger partial charge < -0.3 is 5.43 Å². The van der Waals surface area contributed by atoms with Crippen molar-refractivity contribution in [1.82, 2.24) is 4.98 Å². The molecule has 0 bridgehead atoms. The molecule has 1 heterocycles. The van der Waals surface area contributed by atoms with Gasteiger partial charge in [-0.15, -0.1) is 0 Å². The van der Waals surface area contributed by atoms with Crippen LogP contribution in [0.3, 0.4) is 0 Å². The molecule has 106 valence electrons. The minimum atomic E-state index is -3.68. The zero-order valence-corrected chi connectivity index (χ0v) is 13.0. The van der Waals surface area contributed by atoms with Crippen molar-refractivity contribution in [2.24, 2.45) is 5.84 Å². The number of benzene rings is 1. The van der Waals surface area contributed by atoms with E-state index in [-0.39, 0.29) is 10.7 Å². The van der Waals surface area contributed by atoms with Crippen LogP contribution in [0.15, 0.2) is 45.9 Å². The Morgan fingerprint density at radius 1 is 1.25 bits per heavy atom. The summed E-state index contributed by atoms with van der Waals surface area (Å²) in [6.45, 7) is 1.88. The molecule has 1 aromatic carbocycles. The molecule has 2 aromatic rings. The van der Waals surface area contributed by atoms with E-state index in [0.29, 0.717) is 5.69 Å².